The molecule has 4 heterocycles. The number of aromatic nitrogens is 5. The second-order valence-electron chi connectivity index (χ2n) is 8.37. The second kappa shape index (κ2) is 8.89. The highest BCUT2D eigenvalue weighted by Gasteiger charge is 2.49. The van der Waals surface area contributed by atoms with Crippen LogP contribution in [-0.4, -0.2) is 56.0 Å². The largest absolute Gasteiger partial charge is 0.467 e. The number of carbonyl (C=O) groups excluding carboxylic acids is 3. The van der Waals surface area contributed by atoms with Gasteiger partial charge in [-0.05, 0) is 32.8 Å². The van der Waals surface area contributed by atoms with E-state index in [1.54, 1.807) is 12.3 Å². The fourth-order valence-corrected chi connectivity index (χ4v) is 3.54. The van der Waals surface area contributed by atoms with Gasteiger partial charge in [0.15, 0.2) is 0 Å². The number of hydrogen-bond acceptors (Lipinski definition) is 8. The van der Waals surface area contributed by atoms with Gasteiger partial charge in [-0.2, -0.15) is 5.10 Å². The summed E-state index contributed by atoms with van der Waals surface area (Å²) in [5, 5.41) is 8.67. The monoisotopic (exact) mass is 464 g/mol. The van der Waals surface area contributed by atoms with E-state index in [1.165, 1.54) is 31.8 Å². The summed E-state index contributed by atoms with van der Waals surface area (Å²) in [6, 6.07) is 3.73. The van der Waals surface area contributed by atoms with Crippen LogP contribution in [0.5, 0.6) is 6.01 Å². The van der Waals surface area contributed by atoms with Crippen molar-refractivity contribution in [2.45, 2.75) is 38.1 Å². The Hall–Kier alpha value is -4.35. The summed E-state index contributed by atoms with van der Waals surface area (Å²) < 4.78 is 4.88. The lowest BCUT2D eigenvalue weighted by molar-refractivity contribution is -0.122. The number of pyridine rings is 1. The van der Waals surface area contributed by atoms with E-state index in [0.717, 1.165) is 24.1 Å². The number of hydrogen-bond donors (Lipinski definition) is 3. The fourth-order valence-electron chi connectivity index (χ4n) is 3.54. The first-order chi connectivity index (χ1) is 16.2. The normalized spacial score (nSPS) is 15.7. The van der Waals surface area contributed by atoms with E-state index in [2.05, 4.69) is 30.5 Å². The molecule has 4 N–H and O–H groups in total. The molecule has 176 valence electrons. The fraction of sp³-hybridized carbons (Fsp3) is 0.318. The molecule has 0 spiro atoms. The molecule has 1 aliphatic carbocycles. The number of H-pyrrole nitrogens is 1. The summed E-state index contributed by atoms with van der Waals surface area (Å²) in [6.07, 6.45) is 7.94. The number of ether oxygens (including phenoxy) is 1. The third-order valence-electron chi connectivity index (χ3n) is 5.56. The minimum atomic E-state index is -0.600. The van der Waals surface area contributed by atoms with Crippen LogP contribution < -0.4 is 20.7 Å². The number of nitrogens with one attached hydrogen (secondary N) is 2. The Bertz CT molecular complexity index is 1220. The molecule has 1 saturated carbocycles. The molecule has 34 heavy (non-hydrogen) atoms. The van der Waals surface area contributed by atoms with Crippen LogP contribution in [0, 0.1) is 0 Å². The summed E-state index contributed by atoms with van der Waals surface area (Å²) in [5.41, 5.74) is 6.60. The second-order valence-corrected chi connectivity index (χ2v) is 8.37. The van der Waals surface area contributed by atoms with Crippen LogP contribution in [-0.2, 0) is 10.2 Å². The molecule has 0 radical (unpaired) electrons. The highest BCUT2D eigenvalue weighted by molar-refractivity contribution is 6.09. The standard InChI is InChI=1S/C18H19N5O3.C4H5N3O/c1-18(2)12-9-19-14(6-13(12)23(16(18)25)11-4-5-11)22-15(24)10-7-20-17(26-3)21-8-10;5-4(8)3-1-2-6-7-3/h6-9,11H,4-5H2,1-3H3,(H,19,22,24);1-2H,(H2,5,8)(H,6,7). The molecule has 1 fully saturated rings. The molecule has 12 heteroatoms. The van der Waals surface area contributed by atoms with Gasteiger partial charge >= 0.3 is 6.01 Å². The molecule has 1 aliphatic heterocycles. The summed E-state index contributed by atoms with van der Waals surface area (Å²) in [7, 11) is 1.46. The molecule has 3 aromatic rings. The van der Waals surface area contributed by atoms with E-state index >= 15 is 0 Å². The maximum absolute atomic E-state index is 12.8. The van der Waals surface area contributed by atoms with Crippen molar-refractivity contribution in [2.75, 3.05) is 17.3 Å². The van der Waals surface area contributed by atoms with Gasteiger partial charge in [-0.3, -0.25) is 19.5 Å². The molecular formula is C22H24N8O4. The molecule has 12 nitrogen and oxygen atoms in total. The van der Waals surface area contributed by atoms with E-state index < -0.39 is 11.3 Å². The Morgan fingerprint density at radius 3 is 2.44 bits per heavy atom. The van der Waals surface area contributed by atoms with E-state index in [9.17, 15) is 14.4 Å². The zero-order chi connectivity index (χ0) is 24.5. The van der Waals surface area contributed by atoms with Crippen LogP contribution in [0.15, 0.2) is 36.9 Å². The lowest BCUT2D eigenvalue weighted by Gasteiger charge is -2.19. The van der Waals surface area contributed by atoms with Crippen molar-refractivity contribution < 1.29 is 19.1 Å². The molecule has 0 unspecified atom stereocenters. The Balaban J connectivity index is 0.000000291. The minimum Gasteiger partial charge on any atom is -0.467 e. The maximum atomic E-state index is 12.8. The average Bonchev–Trinajstić information content (AvgIpc) is 3.44. The Morgan fingerprint density at radius 1 is 1.21 bits per heavy atom. The molecule has 2 aliphatic rings. The number of nitrogens with zero attached hydrogens (tertiary/aromatic N) is 5. The van der Waals surface area contributed by atoms with Gasteiger partial charge in [0.25, 0.3) is 11.8 Å². The molecule has 3 aromatic heterocycles. The lowest BCUT2D eigenvalue weighted by Crippen LogP contribution is -2.37. The summed E-state index contributed by atoms with van der Waals surface area (Å²) >= 11 is 0. The smallest absolute Gasteiger partial charge is 0.316 e. The van der Waals surface area contributed by atoms with Crippen LogP contribution in [0.1, 0.15) is 53.1 Å². The Morgan fingerprint density at radius 2 is 1.91 bits per heavy atom. The summed E-state index contributed by atoms with van der Waals surface area (Å²) in [4.78, 5) is 49.4. The van der Waals surface area contributed by atoms with Crippen molar-refractivity contribution in [3.63, 3.8) is 0 Å². The predicted molar refractivity (Wildman–Crippen MR) is 121 cm³/mol. The van der Waals surface area contributed by atoms with Gasteiger partial charge in [0.05, 0.1) is 23.8 Å². The zero-order valence-electron chi connectivity index (χ0n) is 18.9. The average molecular weight is 464 g/mol. The highest BCUT2D eigenvalue weighted by Crippen LogP contribution is 2.46. The molecular weight excluding hydrogens is 440 g/mol. The van der Waals surface area contributed by atoms with E-state index in [-0.39, 0.29) is 23.9 Å². The molecule has 0 saturated heterocycles. The van der Waals surface area contributed by atoms with Crippen molar-refractivity contribution in [1.82, 2.24) is 25.1 Å². The predicted octanol–water partition coefficient (Wildman–Crippen LogP) is 1.43. The quantitative estimate of drug-likeness (QED) is 0.509. The number of amides is 3. The first-order valence-corrected chi connectivity index (χ1v) is 10.5. The summed E-state index contributed by atoms with van der Waals surface area (Å²) in [6.45, 7) is 3.82. The van der Waals surface area contributed by atoms with E-state index in [4.69, 9.17) is 10.5 Å². The summed E-state index contributed by atoms with van der Waals surface area (Å²) in [5.74, 6) is -0.381. The number of aromatic amines is 1. The van der Waals surface area contributed by atoms with Crippen LogP contribution in [0.4, 0.5) is 11.5 Å². The number of anilines is 2. The van der Waals surface area contributed by atoms with Crippen molar-refractivity contribution >= 4 is 29.2 Å². The number of carbonyl (C=O) groups is 3. The van der Waals surface area contributed by atoms with E-state index in [1.807, 2.05) is 18.7 Å². The van der Waals surface area contributed by atoms with Crippen molar-refractivity contribution in [3.05, 3.63) is 53.7 Å². The first kappa shape index (κ1) is 22.8. The van der Waals surface area contributed by atoms with Crippen molar-refractivity contribution in [1.29, 1.82) is 0 Å². The number of fused-ring (bicyclic) bond motifs is 1. The Kier molecular flexibility index (Phi) is 5.97. The van der Waals surface area contributed by atoms with Gasteiger partial charge in [0, 0.05) is 42.5 Å². The van der Waals surface area contributed by atoms with Gasteiger partial charge in [0.1, 0.15) is 11.5 Å². The number of rotatable bonds is 5. The number of nitrogens with two attached hydrogens (primary N) is 1. The molecule has 0 aromatic carbocycles. The Labute approximate surface area is 194 Å². The van der Waals surface area contributed by atoms with Crippen LogP contribution >= 0.6 is 0 Å². The van der Waals surface area contributed by atoms with Crippen LogP contribution in [0.3, 0.4) is 0 Å². The third-order valence-corrected chi connectivity index (χ3v) is 5.56. The van der Waals surface area contributed by atoms with Gasteiger partial charge < -0.3 is 20.7 Å². The van der Waals surface area contributed by atoms with Crippen molar-refractivity contribution in [2.24, 2.45) is 5.73 Å². The molecule has 0 atom stereocenters. The third kappa shape index (κ3) is 4.42. The number of primary amides is 1. The molecule has 0 bridgehead atoms. The lowest BCUT2D eigenvalue weighted by atomic mass is 9.87. The molecule has 5 rings (SSSR count). The van der Waals surface area contributed by atoms with Gasteiger partial charge in [-0.1, -0.05) is 0 Å². The van der Waals surface area contributed by atoms with Gasteiger partial charge in [-0.25, -0.2) is 15.0 Å². The SMILES string of the molecule is COc1ncc(C(=O)Nc2cc3c(cn2)C(C)(C)C(=O)N3C2CC2)cn1.NC(=O)c1ccn[nH]1. The minimum absolute atomic E-state index is 0.0869. The zero-order valence-corrected chi connectivity index (χ0v) is 18.9. The van der Waals surface area contributed by atoms with Crippen LogP contribution in [0.2, 0.25) is 0 Å². The number of methoxy groups -OCH3 is 1. The first-order valence-electron chi connectivity index (χ1n) is 10.5. The molecule has 3 amide bonds. The van der Waals surface area contributed by atoms with Crippen LogP contribution in [0.25, 0.3) is 0 Å². The topological polar surface area (TPSA) is 169 Å². The maximum Gasteiger partial charge on any atom is 0.316 e. The van der Waals surface area contributed by atoms with Gasteiger partial charge in [0.2, 0.25) is 5.91 Å². The highest BCUT2D eigenvalue weighted by atomic mass is 16.5. The van der Waals surface area contributed by atoms with Gasteiger partial charge in [-0.15, -0.1) is 0 Å². The van der Waals surface area contributed by atoms with Crippen molar-refractivity contribution in [3.8, 4) is 6.01 Å². The van der Waals surface area contributed by atoms with E-state index in [0.29, 0.717) is 17.1 Å².